The van der Waals surface area contributed by atoms with Crippen molar-refractivity contribution in [3.8, 4) is 0 Å². The molecule has 4 heteroatoms. The third-order valence-corrected chi connectivity index (χ3v) is 3.07. The zero-order valence-electron chi connectivity index (χ0n) is 12.0. The van der Waals surface area contributed by atoms with E-state index in [9.17, 15) is 8.78 Å². The van der Waals surface area contributed by atoms with Crippen LogP contribution in [-0.2, 0) is 6.42 Å². The predicted octanol–water partition coefficient (Wildman–Crippen LogP) is 2.83. The lowest BCUT2D eigenvalue weighted by Gasteiger charge is -2.21. The van der Waals surface area contributed by atoms with E-state index in [2.05, 4.69) is 17.1 Å². The molecule has 0 bridgehead atoms. The minimum atomic E-state index is -0.782. The molecule has 0 radical (unpaired) electrons. The van der Waals surface area contributed by atoms with Gasteiger partial charge < -0.3 is 10.2 Å². The maximum absolute atomic E-state index is 13.2. The van der Waals surface area contributed by atoms with Crippen LogP contribution in [-0.4, -0.2) is 38.1 Å². The zero-order chi connectivity index (χ0) is 14.3. The highest BCUT2D eigenvalue weighted by molar-refractivity contribution is 5.18. The molecule has 2 nitrogen and oxygen atoms in total. The van der Waals surface area contributed by atoms with Crippen LogP contribution in [0.3, 0.4) is 0 Å². The summed E-state index contributed by atoms with van der Waals surface area (Å²) in [5.41, 5.74) is 0.839. The number of hydrogen-bond donors (Lipinski definition) is 1. The van der Waals surface area contributed by atoms with E-state index in [1.807, 2.05) is 14.1 Å². The molecule has 108 valence electrons. The summed E-state index contributed by atoms with van der Waals surface area (Å²) in [4.78, 5) is 2.13. The Hall–Kier alpha value is -1.00. The van der Waals surface area contributed by atoms with Crippen LogP contribution in [0, 0.1) is 11.6 Å². The molecule has 0 saturated carbocycles. The van der Waals surface area contributed by atoms with Gasteiger partial charge in [-0.25, -0.2) is 8.78 Å². The quantitative estimate of drug-likeness (QED) is 0.781. The minimum Gasteiger partial charge on any atom is -0.314 e. The van der Waals surface area contributed by atoms with Crippen LogP contribution in [0.15, 0.2) is 18.2 Å². The van der Waals surface area contributed by atoms with Gasteiger partial charge in [0, 0.05) is 6.04 Å². The fourth-order valence-electron chi connectivity index (χ4n) is 1.99. The van der Waals surface area contributed by atoms with Gasteiger partial charge in [0.15, 0.2) is 11.6 Å². The Kier molecular flexibility index (Phi) is 6.95. The van der Waals surface area contributed by atoms with Gasteiger partial charge in [-0.3, -0.25) is 0 Å². The molecule has 1 unspecified atom stereocenters. The van der Waals surface area contributed by atoms with Crippen LogP contribution in [0.2, 0.25) is 0 Å². The minimum absolute atomic E-state index is 0.298. The van der Waals surface area contributed by atoms with Crippen molar-refractivity contribution >= 4 is 0 Å². The van der Waals surface area contributed by atoms with Crippen LogP contribution in [0.5, 0.6) is 0 Å². The molecule has 1 N–H and O–H groups in total. The standard InChI is InChI=1S/C15H24F2N2/c1-4-8-18-13(7-9-19(2)3)10-12-5-6-14(16)15(17)11-12/h5-6,11,13,18H,4,7-10H2,1-3H3. The van der Waals surface area contributed by atoms with Crippen LogP contribution in [0.1, 0.15) is 25.3 Å². The summed E-state index contributed by atoms with van der Waals surface area (Å²) in [6.07, 6.45) is 2.78. The molecule has 0 spiro atoms. The lowest BCUT2D eigenvalue weighted by molar-refractivity contribution is 0.356. The molecule has 1 atom stereocenters. The molecule has 0 aliphatic rings. The van der Waals surface area contributed by atoms with Crippen molar-refractivity contribution in [1.82, 2.24) is 10.2 Å². The molecule has 1 rings (SSSR count). The second-order valence-corrected chi connectivity index (χ2v) is 5.20. The van der Waals surface area contributed by atoms with E-state index in [-0.39, 0.29) is 0 Å². The molecule has 0 saturated heterocycles. The highest BCUT2D eigenvalue weighted by Gasteiger charge is 2.11. The summed E-state index contributed by atoms with van der Waals surface area (Å²) in [5.74, 6) is -1.55. The molecule has 1 aromatic carbocycles. The molecule has 19 heavy (non-hydrogen) atoms. The summed E-state index contributed by atoms with van der Waals surface area (Å²) in [6.45, 7) is 4.04. The van der Waals surface area contributed by atoms with Gasteiger partial charge >= 0.3 is 0 Å². The Labute approximate surface area is 114 Å². The van der Waals surface area contributed by atoms with Gasteiger partial charge in [-0.2, -0.15) is 0 Å². The normalized spacial score (nSPS) is 12.9. The van der Waals surface area contributed by atoms with Crippen LogP contribution in [0.25, 0.3) is 0 Å². The first kappa shape index (κ1) is 16.1. The first-order valence-corrected chi connectivity index (χ1v) is 6.85. The third-order valence-electron chi connectivity index (χ3n) is 3.07. The lowest BCUT2D eigenvalue weighted by Crippen LogP contribution is -2.34. The fourth-order valence-corrected chi connectivity index (χ4v) is 1.99. The molecule has 0 heterocycles. The molecule has 1 aromatic rings. The summed E-state index contributed by atoms with van der Waals surface area (Å²) in [6, 6.07) is 4.46. The molecular formula is C15H24F2N2. The lowest BCUT2D eigenvalue weighted by atomic mass is 10.0. The summed E-state index contributed by atoms with van der Waals surface area (Å²) in [7, 11) is 4.07. The van der Waals surface area contributed by atoms with Crippen LogP contribution < -0.4 is 5.32 Å². The summed E-state index contributed by atoms with van der Waals surface area (Å²) >= 11 is 0. The first-order chi connectivity index (χ1) is 9.02. The molecule has 0 aliphatic carbocycles. The van der Waals surface area contributed by atoms with E-state index < -0.39 is 11.6 Å². The van der Waals surface area contributed by atoms with Crippen LogP contribution >= 0.6 is 0 Å². The smallest absolute Gasteiger partial charge is 0.159 e. The van der Waals surface area contributed by atoms with Crippen LogP contribution in [0.4, 0.5) is 8.78 Å². The third kappa shape index (κ3) is 6.12. The van der Waals surface area contributed by atoms with Gasteiger partial charge in [0.05, 0.1) is 0 Å². The number of benzene rings is 1. The van der Waals surface area contributed by atoms with Gasteiger partial charge in [-0.05, 0) is 64.1 Å². The summed E-state index contributed by atoms with van der Waals surface area (Å²) in [5, 5.41) is 3.46. The average molecular weight is 270 g/mol. The molecule has 0 fully saturated rings. The highest BCUT2D eigenvalue weighted by atomic mass is 19.2. The second-order valence-electron chi connectivity index (χ2n) is 5.20. The van der Waals surface area contributed by atoms with Crippen molar-refractivity contribution in [3.05, 3.63) is 35.4 Å². The van der Waals surface area contributed by atoms with E-state index in [0.717, 1.165) is 37.9 Å². The van der Waals surface area contributed by atoms with E-state index >= 15 is 0 Å². The molecule has 0 aromatic heterocycles. The number of hydrogen-bond acceptors (Lipinski definition) is 2. The van der Waals surface area contributed by atoms with Crippen molar-refractivity contribution in [2.24, 2.45) is 0 Å². The molecular weight excluding hydrogens is 246 g/mol. The zero-order valence-corrected chi connectivity index (χ0v) is 12.0. The maximum Gasteiger partial charge on any atom is 0.159 e. The Morgan fingerprint density at radius 2 is 1.95 bits per heavy atom. The van der Waals surface area contributed by atoms with Crippen molar-refractivity contribution in [2.45, 2.75) is 32.2 Å². The topological polar surface area (TPSA) is 15.3 Å². The Morgan fingerprint density at radius 1 is 1.21 bits per heavy atom. The molecule has 0 aliphatic heterocycles. The Morgan fingerprint density at radius 3 is 2.53 bits per heavy atom. The number of nitrogens with zero attached hydrogens (tertiary/aromatic N) is 1. The average Bonchev–Trinajstić information content (AvgIpc) is 2.37. The maximum atomic E-state index is 13.2. The van der Waals surface area contributed by atoms with E-state index in [0.29, 0.717) is 6.04 Å². The van der Waals surface area contributed by atoms with E-state index in [1.165, 1.54) is 12.1 Å². The van der Waals surface area contributed by atoms with Gasteiger partial charge in [-0.15, -0.1) is 0 Å². The van der Waals surface area contributed by atoms with E-state index in [4.69, 9.17) is 0 Å². The SMILES string of the molecule is CCCNC(CCN(C)C)Cc1ccc(F)c(F)c1. The first-order valence-electron chi connectivity index (χ1n) is 6.85. The number of halogens is 2. The van der Waals surface area contributed by atoms with Gasteiger partial charge in [0.25, 0.3) is 0 Å². The largest absolute Gasteiger partial charge is 0.314 e. The Balaban J connectivity index is 2.61. The number of nitrogens with one attached hydrogen (secondary N) is 1. The van der Waals surface area contributed by atoms with Crippen molar-refractivity contribution < 1.29 is 8.78 Å². The monoisotopic (exact) mass is 270 g/mol. The summed E-state index contributed by atoms with van der Waals surface area (Å²) < 4.78 is 26.1. The molecule has 0 amide bonds. The predicted molar refractivity (Wildman–Crippen MR) is 75.3 cm³/mol. The second kappa shape index (κ2) is 8.23. The highest BCUT2D eigenvalue weighted by Crippen LogP contribution is 2.12. The van der Waals surface area contributed by atoms with Gasteiger partial charge in [0.1, 0.15) is 0 Å². The van der Waals surface area contributed by atoms with E-state index in [1.54, 1.807) is 6.07 Å². The fraction of sp³-hybridized carbons (Fsp3) is 0.600. The Bertz CT molecular complexity index is 380. The van der Waals surface area contributed by atoms with Crippen molar-refractivity contribution in [3.63, 3.8) is 0 Å². The van der Waals surface area contributed by atoms with Gasteiger partial charge in [-0.1, -0.05) is 13.0 Å². The van der Waals surface area contributed by atoms with Gasteiger partial charge in [0.2, 0.25) is 0 Å². The van der Waals surface area contributed by atoms with Crippen molar-refractivity contribution in [2.75, 3.05) is 27.2 Å². The number of rotatable bonds is 8. The van der Waals surface area contributed by atoms with Crippen molar-refractivity contribution in [1.29, 1.82) is 0 Å².